The highest BCUT2D eigenvalue weighted by atomic mass is 16.5. The molecule has 8 nitrogen and oxygen atoms in total. The lowest BCUT2D eigenvalue weighted by Crippen LogP contribution is -2.31. The number of carbonyl (C=O) groups is 1. The van der Waals surface area contributed by atoms with E-state index in [1.165, 1.54) is 0 Å². The molecule has 0 aliphatic rings. The van der Waals surface area contributed by atoms with Crippen molar-refractivity contribution in [2.75, 3.05) is 20.2 Å². The molecule has 30 heavy (non-hydrogen) atoms. The molecule has 4 rings (SSSR count). The molecule has 0 bridgehead atoms. The summed E-state index contributed by atoms with van der Waals surface area (Å²) in [5.41, 5.74) is 2.67. The smallest absolute Gasteiger partial charge is 0.274 e. The van der Waals surface area contributed by atoms with Gasteiger partial charge in [0.05, 0.1) is 30.7 Å². The minimum atomic E-state index is -0.0939. The van der Waals surface area contributed by atoms with Crippen molar-refractivity contribution >= 4 is 11.4 Å². The first-order valence-electron chi connectivity index (χ1n) is 9.98. The van der Waals surface area contributed by atoms with Crippen LogP contribution in [-0.4, -0.2) is 55.2 Å². The number of ether oxygens (including phenoxy) is 1. The van der Waals surface area contributed by atoms with Gasteiger partial charge >= 0.3 is 0 Å². The molecule has 0 saturated carbocycles. The molecule has 0 atom stereocenters. The second kappa shape index (κ2) is 8.36. The van der Waals surface area contributed by atoms with Crippen LogP contribution in [0.5, 0.6) is 5.75 Å². The normalized spacial score (nSPS) is 11.0. The molecule has 3 aromatic heterocycles. The zero-order valence-corrected chi connectivity index (χ0v) is 17.3. The summed E-state index contributed by atoms with van der Waals surface area (Å²) in [7, 11) is 1.63. The van der Waals surface area contributed by atoms with Crippen molar-refractivity contribution in [2.24, 2.45) is 0 Å². The lowest BCUT2D eigenvalue weighted by molar-refractivity contribution is 0.0761. The molecule has 0 spiro atoms. The van der Waals surface area contributed by atoms with E-state index in [1.54, 1.807) is 35.3 Å². The number of fused-ring (bicyclic) bond motifs is 1. The van der Waals surface area contributed by atoms with Gasteiger partial charge in [-0.2, -0.15) is 5.10 Å². The van der Waals surface area contributed by atoms with Gasteiger partial charge in [-0.25, -0.2) is 9.67 Å². The topological polar surface area (TPSA) is 77.5 Å². The monoisotopic (exact) mass is 404 g/mol. The van der Waals surface area contributed by atoms with E-state index in [2.05, 4.69) is 17.0 Å². The highest BCUT2D eigenvalue weighted by Crippen LogP contribution is 2.26. The van der Waals surface area contributed by atoms with Crippen LogP contribution in [0.4, 0.5) is 0 Å². The van der Waals surface area contributed by atoms with Crippen LogP contribution in [0.1, 0.15) is 30.8 Å². The number of hydrogen-bond donors (Lipinski definition) is 0. The largest absolute Gasteiger partial charge is 0.497 e. The first-order valence-corrected chi connectivity index (χ1v) is 9.98. The van der Waals surface area contributed by atoms with Gasteiger partial charge in [0, 0.05) is 31.5 Å². The minimum absolute atomic E-state index is 0.0939. The van der Waals surface area contributed by atoms with Crippen molar-refractivity contribution in [3.05, 3.63) is 60.8 Å². The first-order chi connectivity index (χ1) is 14.7. The third-order valence-corrected chi connectivity index (χ3v) is 4.98. The minimum Gasteiger partial charge on any atom is -0.497 e. The lowest BCUT2D eigenvalue weighted by Gasteiger charge is -2.18. The van der Waals surface area contributed by atoms with Crippen LogP contribution >= 0.6 is 0 Å². The molecule has 4 aromatic rings. The number of hydrogen-bond acceptors (Lipinski definition) is 5. The van der Waals surface area contributed by atoms with E-state index >= 15 is 0 Å². The fourth-order valence-electron chi connectivity index (χ4n) is 3.52. The molecule has 8 heteroatoms. The Balaban J connectivity index is 1.86. The Kier molecular flexibility index (Phi) is 5.47. The molecule has 0 unspecified atom stereocenters. The summed E-state index contributed by atoms with van der Waals surface area (Å²) in [4.78, 5) is 24.0. The summed E-state index contributed by atoms with van der Waals surface area (Å²) < 4.78 is 9.02. The molecule has 0 saturated heterocycles. The van der Waals surface area contributed by atoms with E-state index in [9.17, 15) is 4.79 Å². The van der Waals surface area contributed by atoms with E-state index in [1.807, 2.05) is 47.9 Å². The molecular formula is C22H24N6O2. The predicted molar refractivity (Wildman–Crippen MR) is 114 cm³/mol. The fraction of sp³-hybridized carbons (Fsp3) is 0.273. The van der Waals surface area contributed by atoms with Crippen LogP contribution < -0.4 is 4.74 Å². The van der Waals surface area contributed by atoms with Gasteiger partial charge in [-0.3, -0.25) is 14.2 Å². The van der Waals surface area contributed by atoms with Gasteiger partial charge < -0.3 is 9.64 Å². The highest BCUT2D eigenvalue weighted by molar-refractivity contribution is 5.99. The van der Waals surface area contributed by atoms with E-state index in [-0.39, 0.29) is 5.91 Å². The summed E-state index contributed by atoms with van der Waals surface area (Å²) in [6.07, 6.45) is 7.78. The second-order valence-corrected chi connectivity index (χ2v) is 6.83. The zero-order chi connectivity index (χ0) is 21.1. The quantitative estimate of drug-likeness (QED) is 0.471. The van der Waals surface area contributed by atoms with Gasteiger partial charge in [-0.1, -0.05) is 13.0 Å². The van der Waals surface area contributed by atoms with E-state index in [0.717, 1.165) is 23.6 Å². The molecule has 0 fully saturated rings. The molecular weight excluding hydrogens is 380 g/mol. The van der Waals surface area contributed by atoms with Crippen molar-refractivity contribution in [1.29, 1.82) is 0 Å². The summed E-state index contributed by atoms with van der Waals surface area (Å²) in [6.45, 7) is 5.35. The molecule has 0 aliphatic carbocycles. The Morgan fingerprint density at radius 3 is 2.83 bits per heavy atom. The van der Waals surface area contributed by atoms with Crippen molar-refractivity contribution in [2.45, 2.75) is 20.3 Å². The van der Waals surface area contributed by atoms with E-state index in [4.69, 9.17) is 9.72 Å². The highest BCUT2D eigenvalue weighted by Gasteiger charge is 2.24. The van der Waals surface area contributed by atoms with Gasteiger partial charge in [0.15, 0.2) is 11.5 Å². The van der Waals surface area contributed by atoms with Crippen LogP contribution in [0.3, 0.4) is 0 Å². The van der Waals surface area contributed by atoms with Gasteiger partial charge in [0.2, 0.25) is 0 Å². The zero-order valence-electron chi connectivity index (χ0n) is 17.3. The van der Waals surface area contributed by atoms with Crippen LogP contribution in [-0.2, 0) is 0 Å². The maximum absolute atomic E-state index is 13.2. The Hall–Kier alpha value is -3.68. The fourth-order valence-corrected chi connectivity index (χ4v) is 3.52. The van der Waals surface area contributed by atoms with Crippen molar-refractivity contribution in [3.8, 4) is 23.0 Å². The van der Waals surface area contributed by atoms with E-state index < -0.39 is 0 Å². The molecule has 3 heterocycles. The van der Waals surface area contributed by atoms with Crippen LogP contribution in [0.15, 0.2) is 55.1 Å². The Morgan fingerprint density at radius 2 is 2.07 bits per heavy atom. The Morgan fingerprint density at radius 1 is 1.20 bits per heavy atom. The van der Waals surface area contributed by atoms with Crippen LogP contribution in [0, 0.1) is 0 Å². The Labute approximate surface area is 174 Å². The summed E-state index contributed by atoms with van der Waals surface area (Å²) in [6, 6.07) is 9.52. The number of methoxy groups -OCH3 is 1. The maximum Gasteiger partial charge on any atom is 0.274 e. The number of benzene rings is 1. The first kappa shape index (κ1) is 19.6. The number of rotatable bonds is 7. The third kappa shape index (κ3) is 3.41. The number of nitrogens with zero attached hydrogens (tertiary/aromatic N) is 6. The van der Waals surface area contributed by atoms with Crippen molar-refractivity contribution < 1.29 is 9.53 Å². The third-order valence-electron chi connectivity index (χ3n) is 4.98. The molecule has 0 aliphatic heterocycles. The number of amides is 1. The molecule has 154 valence electrons. The van der Waals surface area contributed by atoms with Gasteiger partial charge in [0.1, 0.15) is 11.4 Å². The van der Waals surface area contributed by atoms with Crippen molar-refractivity contribution in [3.63, 3.8) is 0 Å². The molecule has 0 N–H and O–H groups in total. The van der Waals surface area contributed by atoms with Gasteiger partial charge in [-0.15, -0.1) is 0 Å². The second-order valence-electron chi connectivity index (χ2n) is 6.83. The number of imidazole rings is 1. The van der Waals surface area contributed by atoms with Crippen LogP contribution in [0.2, 0.25) is 0 Å². The lowest BCUT2D eigenvalue weighted by atomic mass is 10.3. The Bertz CT molecular complexity index is 1180. The molecule has 1 aromatic carbocycles. The molecule has 0 radical (unpaired) electrons. The average molecular weight is 404 g/mol. The summed E-state index contributed by atoms with van der Waals surface area (Å²) >= 11 is 0. The average Bonchev–Trinajstić information content (AvgIpc) is 3.42. The van der Waals surface area contributed by atoms with Gasteiger partial charge in [-0.05, 0) is 31.5 Å². The van der Waals surface area contributed by atoms with E-state index in [0.29, 0.717) is 30.1 Å². The maximum atomic E-state index is 13.2. The summed E-state index contributed by atoms with van der Waals surface area (Å²) in [5, 5.41) is 4.48. The standard InChI is InChI=1S/C22H24N6O2/c1-4-12-26(5-2)22(29)20-19-15-23-11-13-27(19)21(25-20)18-9-10-24-28(18)16-7-6-8-17(14-16)30-3/h6-11,13-15H,4-5,12H2,1-3H3. The van der Waals surface area contributed by atoms with Gasteiger partial charge in [0.25, 0.3) is 5.91 Å². The SMILES string of the molecule is CCCN(CC)C(=O)c1nc(-c2ccnn2-c2cccc(OC)c2)n2ccncc12. The van der Waals surface area contributed by atoms with Crippen molar-refractivity contribution in [1.82, 2.24) is 29.0 Å². The number of aromatic nitrogens is 5. The number of carbonyl (C=O) groups excluding carboxylic acids is 1. The van der Waals surface area contributed by atoms with Crippen LogP contribution in [0.25, 0.3) is 22.7 Å². The molecule has 1 amide bonds. The predicted octanol–water partition coefficient (Wildman–Crippen LogP) is 3.46. The summed E-state index contributed by atoms with van der Waals surface area (Å²) in [5.74, 6) is 1.27.